The molecular weight excluding hydrogens is 951 g/mol. The molecule has 4 aliphatic rings. The van der Waals surface area contributed by atoms with E-state index in [4.69, 9.17) is 62.1 Å². The summed E-state index contributed by atoms with van der Waals surface area (Å²) in [6, 6.07) is 11.8. The first-order valence-corrected chi connectivity index (χ1v) is 26.1. The van der Waals surface area contributed by atoms with Gasteiger partial charge in [-0.15, -0.1) is 20.4 Å². The van der Waals surface area contributed by atoms with Crippen molar-refractivity contribution in [3.05, 3.63) is 81.5 Å². The molecular formula is C44H52Cl4N12OS3. The van der Waals surface area contributed by atoms with E-state index < -0.39 is 11.0 Å². The highest BCUT2D eigenvalue weighted by Crippen LogP contribution is 2.49. The van der Waals surface area contributed by atoms with E-state index in [0.29, 0.717) is 37.6 Å². The van der Waals surface area contributed by atoms with E-state index in [1.165, 1.54) is 49.2 Å². The van der Waals surface area contributed by atoms with Crippen LogP contribution in [0.25, 0.3) is 11.3 Å². The summed E-state index contributed by atoms with van der Waals surface area (Å²) in [6.45, 7) is 9.79. The van der Waals surface area contributed by atoms with Crippen LogP contribution in [-0.2, 0) is 11.0 Å². The average Bonchev–Trinajstić information content (AvgIpc) is 4.11. The summed E-state index contributed by atoms with van der Waals surface area (Å²) in [4.78, 5) is 17.7. The summed E-state index contributed by atoms with van der Waals surface area (Å²) in [5, 5.41) is 19.1. The predicted octanol–water partition coefficient (Wildman–Crippen LogP) is 10.5. The number of hydrogen-bond acceptors (Lipinski definition) is 12. The number of rotatable bonds is 8. The van der Waals surface area contributed by atoms with Crippen molar-refractivity contribution in [2.45, 2.75) is 121 Å². The Kier molecular flexibility index (Phi) is 13.7. The Morgan fingerprint density at radius 1 is 0.688 bits per heavy atom. The Hall–Kier alpha value is -2.93. The van der Waals surface area contributed by atoms with Gasteiger partial charge in [0.05, 0.1) is 45.6 Å². The Morgan fingerprint density at radius 2 is 1.16 bits per heavy atom. The third-order valence-corrected chi connectivity index (χ3v) is 19.2. The monoisotopic (exact) mass is 1000 g/mol. The highest BCUT2D eigenvalue weighted by Gasteiger charge is 2.47. The molecule has 0 amide bonds. The van der Waals surface area contributed by atoms with E-state index in [-0.39, 0.29) is 10.2 Å². The third-order valence-electron chi connectivity index (χ3n) is 13.6. The highest BCUT2D eigenvalue weighted by molar-refractivity contribution is 8.00. The Morgan fingerprint density at radius 3 is 1.62 bits per heavy atom. The largest absolute Gasteiger partial charge is 0.342 e. The Balaban J connectivity index is 0.000000165. The first-order chi connectivity index (χ1) is 30.7. The second-order valence-electron chi connectivity index (χ2n) is 18.3. The molecule has 4 aromatic heterocycles. The van der Waals surface area contributed by atoms with Crippen LogP contribution in [0.5, 0.6) is 0 Å². The topological polar surface area (TPSA) is 148 Å². The number of aromatic nitrogens is 8. The molecule has 20 heteroatoms. The van der Waals surface area contributed by atoms with Crippen molar-refractivity contribution >= 4 is 104 Å². The molecule has 3 N–H and O–H groups in total. The van der Waals surface area contributed by atoms with Crippen molar-refractivity contribution < 1.29 is 4.21 Å². The molecule has 0 radical (unpaired) electrons. The van der Waals surface area contributed by atoms with Gasteiger partial charge < -0.3 is 15.5 Å². The zero-order valence-corrected chi connectivity index (χ0v) is 41.5. The molecule has 13 nitrogen and oxygen atoms in total. The summed E-state index contributed by atoms with van der Waals surface area (Å²) in [5.74, 6) is 1.73. The van der Waals surface area contributed by atoms with Crippen molar-refractivity contribution in [3.63, 3.8) is 0 Å². The van der Waals surface area contributed by atoms with Crippen LogP contribution in [-0.4, -0.2) is 86.4 Å². The second kappa shape index (κ2) is 19.0. The van der Waals surface area contributed by atoms with Crippen molar-refractivity contribution in [2.24, 2.45) is 16.6 Å². The van der Waals surface area contributed by atoms with E-state index >= 15 is 0 Å². The fraction of sp³-hybridized carbons (Fsp3) is 0.500. The fourth-order valence-electron chi connectivity index (χ4n) is 9.86. The highest BCUT2D eigenvalue weighted by atomic mass is 35.5. The quantitative estimate of drug-likeness (QED) is 0.150. The SMILES string of the molecule is CC(C)(C)[S@@](=O)N[C@@H]1CCCC12CCN(c1ncc(Sc3cccc(Cl)c3Cl)c3nncn13)CC2.N[C@@H]1CCCC12CCN(c1ncc(Sc3cccc(Cl)c3Cl)c3nncn13)CC2. The minimum Gasteiger partial charge on any atom is -0.342 e. The van der Waals surface area contributed by atoms with E-state index in [9.17, 15) is 4.21 Å². The molecule has 3 atom stereocenters. The summed E-state index contributed by atoms with van der Waals surface area (Å²) >= 11 is 28.1. The summed E-state index contributed by atoms with van der Waals surface area (Å²) in [6.07, 6.45) is 18.6. The van der Waals surface area contributed by atoms with Crippen LogP contribution in [0.2, 0.25) is 20.1 Å². The van der Waals surface area contributed by atoms with E-state index in [0.717, 1.165) is 107 Å². The number of nitrogens with two attached hydrogens (primary N) is 1. The van der Waals surface area contributed by atoms with E-state index in [2.05, 4.69) is 34.9 Å². The van der Waals surface area contributed by atoms with Gasteiger partial charge in [-0.05, 0) is 107 Å². The number of nitrogens with zero attached hydrogens (tertiary/aromatic N) is 10. The lowest BCUT2D eigenvalue weighted by Gasteiger charge is -2.44. The Bertz CT molecular complexity index is 2660. The molecule has 2 spiro atoms. The van der Waals surface area contributed by atoms with Crippen molar-refractivity contribution in [1.29, 1.82) is 0 Å². The van der Waals surface area contributed by atoms with E-state index in [1.54, 1.807) is 24.8 Å². The molecule has 4 fully saturated rings. The van der Waals surface area contributed by atoms with Crippen LogP contribution in [0.15, 0.2) is 81.0 Å². The van der Waals surface area contributed by atoms with Crippen LogP contribution in [0.3, 0.4) is 0 Å². The van der Waals surface area contributed by atoms with Gasteiger partial charge in [-0.1, -0.05) is 94.9 Å². The molecule has 10 rings (SSSR count). The predicted molar refractivity (Wildman–Crippen MR) is 261 cm³/mol. The van der Waals surface area contributed by atoms with Crippen LogP contribution >= 0.6 is 69.9 Å². The van der Waals surface area contributed by atoms with Crippen molar-refractivity contribution in [1.82, 2.24) is 43.9 Å². The van der Waals surface area contributed by atoms with Gasteiger partial charge in [-0.25, -0.2) is 27.7 Å². The first kappa shape index (κ1) is 46.2. The fourth-order valence-corrected chi connectivity index (χ4v) is 13.6. The number of nitrogens with one attached hydrogen (secondary N) is 1. The Labute approximate surface area is 404 Å². The van der Waals surface area contributed by atoms with Crippen molar-refractivity contribution in [2.75, 3.05) is 36.0 Å². The zero-order valence-electron chi connectivity index (χ0n) is 36.0. The van der Waals surface area contributed by atoms with Gasteiger partial charge in [0.2, 0.25) is 11.9 Å². The smallest absolute Gasteiger partial charge is 0.212 e. The number of piperidine rings is 2. The van der Waals surface area contributed by atoms with Gasteiger partial charge in [-0.3, -0.25) is 0 Å². The number of halogens is 4. The lowest BCUT2D eigenvalue weighted by molar-refractivity contribution is 0.187. The summed E-state index contributed by atoms with van der Waals surface area (Å²) in [5.41, 5.74) is 8.47. The molecule has 64 heavy (non-hydrogen) atoms. The number of benzene rings is 2. The van der Waals surface area contributed by atoms with Crippen LogP contribution < -0.4 is 20.3 Å². The van der Waals surface area contributed by atoms with Crippen LogP contribution in [0.1, 0.15) is 85.0 Å². The van der Waals surface area contributed by atoms with Gasteiger partial charge in [-0.2, -0.15) is 0 Å². The molecule has 2 aliphatic heterocycles. The molecule has 340 valence electrons. The normalized spacial score (nSPS) is 21.2. The minimum atomic E-state index is -1.05. The average molecular weight is 1000 g/mol. The van der Waals surface area contributed by atoms with Gasteiger partial charge in [0, 0.05) is 60.4 Å². The molecule has 2 saturated carbocycles. The third kappa shape index (κ3) is 9.21. The maximum atomic E-state index is 12.8. The van der Waals surface area contributed by atoms with E-state index in [1.807, 2.05) is 66.2 Å². The second-order valence-corrected chi connectivity index (χ2v) is 24.1. The maximum absolute atomic E-state index is 12.8. The summed E-state index contributed by atoms with van der Waals surface area (Å²) in [7, 11) is -1.05. The van der Waals surface area contributed by atoms with Gasteiger partial charge in [0.1, 0.15) is 12.7 Å². The molecule has 0 unspecified atom stereocenters. The maximum Gasteiger partial charge on any atom is 0.212 e. The standard InChI is InChI=1S/C24H30Cl2N6OS2.C20H22Cl2N6S/c1-23(2,3)35(33)30-19-8-5-9-24(19)10-12-31(13-11-24)22-27-14-18(21-29-28-15-32(21)22)34-17-7-4-6-16(25)20(17)26;21-13-3-1-4-14(17(13)22)29-15-11-24-19(28-12-25-26-18(15)28)27-9-7-20(8-10-27)6-2-5-16(20)23/h4,6-7,14-15,19,30H,5,8-13H2,1-3H3;1,3-4,11-12,16H,2,5-10,23H2/t19-,35-;16-/m11/s1. The lowest BCUT2D eigenvalue weighted by atomic mass is 9.74. The van der Waals surface area contributed by atoms with Crippen molar-refractivity contribution in [3.8, 4) is 0 Å². The molecule has 2 saturated heterocycles. The number of fused-ring (bicyclic) bond motifs is 2. The van der Waals surface area contributed by atoms with Crippen LogP contribution in [0.4, 0.5) is 11.9 Å². The molecule has 6 aromatic rings. The molecule has 2 aromatic carbocycles. The molecule has 6 heterocycles. The van der Waals surface area contributed by atoms with Gasteiger partial charge in [0.15, 0.2) is 11.3 Å². The number of hydrogen-bond donors (Lipinski definition) is 2. The molecule has 0 bridgehead atoms. The van der Waals surface area contributed by atoms with Gasteiger partial charge >= 0.3 is 0 Å². The minimum absolute atomic E-state index is 0.197. The van der Waals surface area contributed by atoms with Gasteiger partial charge in [0.25, 0.3) is 0 Å². The van der Waals surface area contributed by atoms with Crippen LogP contribution in [0, 0.1) is 10.8 Å². The summed E-state index contributed by atoms with van der Waals surface area (Å²) < 4.78 is 19.9. The first-order valence-electron chi connectivity index (χ1n) is 21.8. The number of anilines is 2. The molecule has 2 aliphatic carbocycles. The zero-order chi connectivity index (χ0) is 44.8. The lowest BCUT2D eigenvalue weighted by Crippen LogP contribution is -2.51.